The summed E-state index contributed by atoms with van der Waals surface area (Å²) in [6.45, 7) is 0. The van der Waals surface area contributed by atoms with Crippen molar-refractivity contribution in [3.05, 3.63) is 48.5 Å². The number of benzene rings is 2. The summed E-state index contributed by atoms with van der Waals surface area (Å²) in [7, 11) is 0. The summed E-state index contributed by atoms with van der Waals surface area (Å²) < 4.78 is 0. The van der Waals surface area contributed by atoms with Crippen LogP contribution in [0.5, 0.6) is 0 Å². The Morgan fingerprint density at radius 3 is 2.47 bits per heavy atom. The molecule has 86 valence electrons. The third kappa shape index (κ3) is 2.29. The molecule has 3 aromatic rings. The minimum absolute atomic E-state index is 0.920. The van der Waals surface area contributed by atoms with Crippen LogP contribution in [0, 0.1) is 0 Å². The normalized spacial score (nSPS) is 9.76. The maximum absolute atomic E-state index is 4.64. The van der Waals surface area contributed by atoms with Crippen molar-refractivity contribution in [1.82, 2.24) is 15.4 Å². The van der Waals surface area contributed by atoms with E-state index in [1.54, 1.807) is 0 Å². The van der Waals surface area contributed by atoms with Crippen LogP contribution in [-0.2, 0) is 0 Å². The van der Waals surface area contributed by atoms with Gasteiger partial charge >= 0.3 is 0 Å². The maximum atomic E-state index is 4.64. The van der Waals surface area contributed by atoms with Crippen LogP contribution in [0.25, 0.3) is 22.2 Å². The Hall–Kier alpha value is -1.87. The number of aromatic amines is 1. The highest BCUT2D eigenvalue weighted by atomic mass is 35.5. The van der Waals surface area contributed by atoms with Gasteiger partial charge in [-0.15, -0.1) is 16.7 Å². The number of hydrogen-bond acceptors (Lipinski definition) is 2. The van der Waals surface area contributed by atoms with E-state index in [0.29, 0.717) is 0 Å². The largest absolute Gasteiger partial charge is 0.258 e. The first kappa shape index (κ1) is 11.6. The van der Waals surface area contributed by atoms with Crippen molar-refractivity contribution < 1.29 is 0 Å². The van der Waals surface area contributed by atoms with Crippen LogP contribution < -0.4 is 0 Å². The fourth-order valence-corrected chi connectivity index (χ4v) is 1.72. The minimum atomic E-state index is 0.920. The van der Waals surface area contributed by atoms with Crippen molar-refractivity contribution in [3.8, 4) is 11.1 Å². The molecule has 4 heteroatoms. The Balaban J connectivity index is 0.000000514. The average molecular weight is 246 g/mol. The first-order valence-electron chi connectivity index (χ1n) is 5.18. The second kappa shape index (κ2) is 5.46. The molecule has 0 atom stereocenters. The molecule has 0 saturated carbocycles. The van der Waals surface area contributed by atoms with Gasteiger partial charge < -0.3 is 0 Å². The van der Waals surface area contributed by atoms with Gasteiger partial charge in [0, 0.05) is 11.9 Å². The van der Waals surface area contributed by atoms with Gasteiger partial charge in [-0.05, 0) is 11.6 Å². The molecule has 0 aliphatic heterocycles. The van der Waals surface area contributed by atoms with Crippen LogP contribution in [0.4, 0.5) is 0 Å². The summed E-state index contributed by atoms with van der Waals surface area (Å²) in [6, 6.07) is 16.2. The minimum Gasteiger partial charge on any atom is -0.258 e. The quantitative estimate of drug-likeness (QED) is 0.667. The predicted molar refractivity (Wildman–Crippen MR) is 71.1 cm³/mol. The maximum Gasteiger partial charge on any atom is 0.120 e. The number of nitrogens with zero attached hydrogens (tertiary/aromatic N) is 2. The predicted octanol–water partition coefficient (Wildman–Crippen LogP) is 3.48. The summed E-state index contributed by atoms with van der Waals surface area (Å²) in [5, 5.41) is 10.8. The van der Waals surface area contributed by atoms with E-state index in [-0.39, 0.29) is 0 Å². The standard InChI is InChI=1S/C12H9N3.CH3Cl/c1-2-5-9(6-3-1)10-7-4-8-11-12(10)14-15-13-11;1-2/h1-8H,(H,13,14,15);1H3. The van der Waals surface area contributed by atoms with Crippen molar-refractivity contribution in [3.63, 3.8) is 0 Å². The number of fused-ring (bicyclic) bond motifs is 1. The zero-order valence-corrected chi connectivity index (χ0v) is 10.1. The van der Waals surface area contributed by atoms with Gasteiger partial charge in [0.2, 0.25) is 0 Å². The number of aromatic nitrogens is 3. The number of H-pyrrole nitrogens is 1. The molecule has 1 aromatic heterocycles. The summed E-state index contributed by atoms with van der Waals surface area (Å²) in [4.78, 5) is 0. The number of hydrogen-bond donors (Lipinski definition) is 1. The van der Waals surface area contributed by atoms with E-state index in [1.165, 1.54) is 6.38 Å². The molecule has 1 heterocycles. The number of nitrogens with one attached hydrogen (secondary N) is 1. The van der Waals surface area contributed by atoms with E-state index in [2.05, 4.69) is 45.2 Å². The van der Waals surface area contributed by atoms with Gasteiger partial charge in [-0.1, -0.05) is 47.7 Å². The zero-order valence-electron chi connectivity index (χ0n) is 9.39. The topological polar surface area (TPSA) is 41.6 Å². The summed E-state index contributed by atoms with van der Waals surface area (Å²) >= 11 is 4.64. The molecule has 3 rings (SSSR count). The second-order valence-corrected chi connectivity index (χ2v) is 3.38. The van der Waals surface area contributed by atoms with Crippen LogP contribution in [0.3, 0.4) is 0 Å². The zero-order chi connectivity index (χ0) is 12.1. The highest BCUT2D eigenvalue weighted by molar-refractivity contribution is 6.15. The molecule has 0 fully saturated rings. The van der Waals surface area contributed by atoms with Crippen LogP contribution in [-0.4, -0.2) is 21.8 Å². The van der Waals surface area contributed by atoms with Gasteiger partial charge in [0.1, 0.15) is 5.52 Å². The molecular formula is C13H12ClN3. The van der Waals surface area contributed by atoms with Crippen molar-refractivity contribution >= 4 is 22.6 Å². The summed E-state index contributed by atoms with van der Waals surface area (Å²) in [6.07, 6.45) is 1.47. The van der Waals surface area contributed by atoms with E-state index in [9.17, 15) is 0 Å². The van der Waals surface area contributed by atoms with Crippen LogP contribution >= 0.6 is 11.6 Å². The molecule has 0 aliphatic carbocycles. The molecule has 0 saturated heterocycles. The second-order valence-electron chi connectivity index (χ2n) is 3.38. The fraction of sp³-hybridized carbons (Fsp3) is 0.0769. The summed E-state index contributed by atoms with van der Waals surface area (Å²) in [5.41, 5.74) is 4.17. The first-order valence-corrected chi connectivity index (χ1v) is 5.94. The van der Waals surface area contributed by atoms with Gasteiger partial charge in [0.15, 0.2) is 0 Å². The van der Waals surface area contributed by atoms with Gasteiger partial charge in [0.25, 0.3) is 0 Å². The smallest absolute Gasteiger partial charge is 0.120 e. The SMILES string of the molecule is CCl.c1ccc(-c2cccc3[nH]nnc23)cc1. The Morgan fingerprint density at radius 2 is 1.71 bits per heavy atom. The molecular weight excluding hydrogens is 234 g/mol. The Kier molecular flexibility index (Phi) is 3.73. The summed E-state index contributed by atoms with van der Waals surface area (Å²) in [5.74, 6) is 0. The van der Waals surface area contributed by atoms with E-state index >= 15 is 0 Å². The van der Waals surface area contributed by atoms with Gasteiger partial charge in [0.05, 0.1) is 5.52 Å². The lowest BCUT2D eigenvalue weighted by molar-refractivity contribution is 0.959. The molecule has 1 N–H and O–H groups in total. The molecule has 0 radical (unpaired) electrons. The van der Waals surface area contributed by atoms with Gasteiger partial charge in [-0.2, -0.15) is 0 Å². The highest BCUT2D eigenvalue weighted by Gasteiger charge is 2.05. The van der Waals surface area contributed by atoms with Crippen LogP contribution in [0.15, 0.2) is 48.5 Å². The molecule has 0 unspecified atom stereocenters. The number of rotatable bonds is 1. The van der Waals surface area contributed by atoms with Crippen LogP contribution in [0.1, 0.15) is 0 Å². The molecule has 3 nitrogen and oxygen atoms in total. The molecule has 0 bridgehead atoms. The molecule has 17 heavy (non-hydrogen) atoms. The molecule has 2 aromatic carbocycles. The molecule has 0 spiro atoms. The first-order chi connectivity index (χ1) is 8.45. The van der Waals surface area contributed by atoms with Crippen molar-refractivity contribution in [2.75, 3.05) is 6.38 Å². The molecule has 0 aliphatic rings. The number of halogens is 1. The lowest BCUT2D eigenvalue weighted by Gasteiger charge is -2.00. The third-order valence-electron chi connectivity index (χ3n) is 2.44. The van der Waals surface area contributed by atoms with E-state index < -0.39 is 0 Å². The van der Waals surface area contributed by atoms with Crippen molar-refractivity contribution in [2.45, 2.75) is 0 Å². The Morgan fingerprint density at radius 1 is 0.941 bits per heavy atom. The van der Waals surface area contributed by atoms with Crippen LogP contribution in [0.2, 0.25) is 0 Å². The van der Waals surface area contributed by atoms with E-state index in [1.807, 2.05) is 30.3 Å². The van der Waals surface area contributed by atoms with E-state index in [0.717, 1.165) is 22.2 Å². The van der Waals surface area contributed by atoms with E-state index in [4.69, 9.17) is 0 Å². The third-order valence-corrected chi connectivity index (χ3v) is 2.44. The highest BCUT2D eigenvalue weighted by Crippen LogP contribution is 2.25. The Labute approximate surface area is 104 Å². The lowest BCUT2D eigenvalue weighted by atomic mass is 10.0. The molecule has 0 amide bonds. The average Bonchev–Trinajstić information content (AvgIpc) is 2.90. The Bertz CT molecular complexity index is 590. The fourth-order valence-electron chi connectivity index (χ4n) is 1.72. The number of alkyl halides is 1. The lowest BCUT2D eigenvalue weighted by Crippen LogP contribution is -1.79. The van der Waals surface area contributed by atoms with Gasteiger partial charge in [-0.25, -0.2) is 0 Å². The van der Waals surface area contributed by atoms with Crippen molar-refractivity contribution in [2.24, 2.45) is 0 Å². The van der Waals surface area contributed by atoms with Gasteiger partial charge in [-0.3, -0.25) is 5.10 Å². The monoisotopic (exact) mass is 245 g/mol. The van der Waals surface area contributed by atoms with Crippen molar-refractivity contribution in [1.29, 1.82) is 0 Å².